The summed E-state index contributed by atoms with van der Waals surface area (Å²) in [5.41, 5.74) is 3.57. The fraction of sp³-hybridized carbons (Fsp3) is 0.0400. The van der Waals surface area contributed by atoms with Crippen LogP contribution >= 0.6 is 0 Å². The Morgan fingerprint density at radius 3 is 2.57 bits per heavy atom. The molecule has 4 aromatic carbocycles. The number of hydrogen-bond donors (Lipinski definition) is 1. The van der Waals surface area contributed by atoms with Crippen molar-refractivity contribution in [3.05, 3.63) is 84.4 Å². The van der Waals surface area contributed by atoms with Crippen LogP contribution in [0.5, 0.6) is 0 Å². The van der Waals surface area contributed by atoms with Gasteiger partial charge in [0.25, 0.3) is 5.91 Å². The maximum absolute atomic E-state index is 12.9. The lowest BCUT2D eigenvalue weighted by Gasteiger charge is -2.17. The van der Waals surface area contributed by atoms with E-state index >= 15 is 0 Å². The van der Waals surface area contributed by atoms with Crippen molar-refractivity contribution < 1.29 is 14.0 Å². The minimum Gasteiger partial charge on any atom is -0.456 e. The molecule has 5 aromatic rings. The van der Waals surface area contributed by atoms with Gasteiger partial charge in [-0.15, -0.1) is 0 Å². The molecule has 1 aliphatic heterocycles. The summed E-state index contributed by atoms with van der Waals surface area (Å²) < 4.78 is 5.89. The monoisotopic (exact) mass is 392 g/mol. The first kappa shape index (κ1) is 16.8. The summed E-state index contributed by atoms with van der Waals surface area (Å²) in [6.45, 7) is -0.0508. The molecule has 1 aliphatic rings. The summed E-state index contributed by atoms with van der Waals surface area (Å²) in [4.78, 5) is 27.2. The van der Waals surface area contributed by atoms with Gasteiger partial charge in [-0.3, -0.25) is 14.5 Å². The van der Waals surface area contributed by atoms with Gasteiger partial charge >= 0.3 is 0 Å². The van der Waals surface area contributed by atoms with E-state index in [1.165, 1.54) is 4.90 Å². The van der Waals surface area contributed by atoms with Gasteiger partial charge in [0.05, 0.1) is 5.69 Å². The molecule has 0 saturated heterocycles. The number of rotatable bonds is 3. The van der Waals surface area contributed by atoms with E-state index in [4.69, 9.17) is 4.42 Å². The van der Waals surface area contributed by atoms with Crippen molar-refractivity contribution in [1.29, 1.82) is 0 Å². The van der Waals surface area contributed by atoms with Crippen molar-refractivity contribution >= 4 is 55.9 Å². The summed E-state index contributed by atoms with van der Waals surface area (Å²) in [6, 6.07) is 24.8. The lowest BCUT2D eigenvalue weighted by Crippen LogP contribution is -2.35. The summed E-state index contributed by atoms with van der Waals surface area (Å²) in [6.07, 6.45) is 0. The highest BCUT2D eigenvalue weighted by Gasteiger charge is 2.30. The third-order valence-corrected chi connectivity index (χ3v) is 5.61. The summed E-state index contributed by atoms with van der Waals surface area (Å²) in [5, 5.41) is 6.83. The molecule has 0 atom stereocenters. The molecule has 2 amide bonds. The number of nitrogens with one attached hydrogen (secondary N) is 1. The van der Waals surface area contributed by atoms with Crippen molar-refractivity contribution in [2.75, 3.05) is 16.8 Å². The van der Waals surface area contributed by atoms with E-state index in [0.29, 0.717) is 16.8 Å². The van der Waals surface area contributed by atoms with Crippen LogP contribution in [0.3, 0.4) is 0 Å². The van der Waals surface area contributed by atoms with Crippen molar-refractivity contribution in [3.8, 4) is 0 Å². The Morgan fingerprint density at radius 1 is 0.867 bits per heavy atom. The Morgan fingerprint density at radius 2 is 1.67 bits per heavy atom. The van der Waals surface area contributed by atoms with E-state index < -0.39 is 0 Å². The average Bonchev–Trinajstić information content (AvgIpc) is 3.26. The SMILES string of the molecule is O=C(CN1C(=O)c2cccc3cccc1c23)Nc1ccc2c(c1)oc1ccccc12. The topological polar surface area (TPSA) is 62.6 Å². The fourth-order valence-electron chi connectivity index (χ4n) is 4.28. The molecular formula is C25H16N2O3. The molecule has 0 spiro atoms. The number of carbonyl (C=O) groups excluding carboxylic acids is 2. The molecule has 0 radical (unpaired) electrons. The molecule has 0 bridgehead atoms. The second kappa shape index (κ2) is 6.19. The Hall–Kier alpha value is -4.12. The van der Waals surface area contributed by atoms with Gasteiger partial charge in [0.1, 0.15) is 17.7 Å². The largest absolute Gasteiger partial charge is 0.456 e. The second-order valence-corrected chi connectivity index (χ2v) is 7.43. The molecule has 30 heavy (non-hydrogen) atoms. The molecule has 1 aromatic heterocycles. The minimum absolute atomic E-state index is 0.0508. The molecule has 0 unspecified atom stereocenters. The highest BCUT2D eigenvalue weighted by atomic mass is 16.3. The standard InChI is InChI=1S/C25H16N2O3/c28-23(14-27-20-9-4-6-15-5-3-8-19(24(15)20)25(27)29)26-16-11-12-18-17-7-1-2-10-21(17)30-22(18)13-16/h1-13H,14H2,(H,26,28). The van der Waals surface area contributed by atoms with Crippen LogP contribution in [0.15, 0.2) is 83.3 Å². The number of para-hydroxylation sites is 1. The first-order valence-corrected chi connectivity index (χ1v) is 9.74. The molecule has 0 fully saturated rings. The van der Waals surface area contributed by atoms with Crippen LogP contribution in [-0.2, 0) is 4.79 Å². The van der Waals surface area contributed by atoms with Gasteiger partial charge in [-0.2, -0.15) is 0 Å². The molecule has 0 saturated carbocycles. The smallest absolute Gasteiger partial charge is 0.259 e. The molecule has 5 nitrogen and oxygen atoms in total. The van der Waals surface area contributed by atoms with Crippen LogP contribution in [0.1, 0.15) is 10.4 Å². The Kier molecular flexibility index (Phi) is 3.47. The van der Waals surface area contributed by atoms with Gasteiger partial charge < -0.3 is 9.73 Å². The quantitative estimate of drug-likeness (QED) is 0.451. The predicted octanol–water partition coefficient (Wildman–Crippen LogP) is 5.34. The highest BCUT2D eigenvalue weighted by Crippen LogP contribution is 2.37. The number of hydrogen-bond acceptors (Lipinski definition) is 3. The first-order chi connectivity index (χ1) is 14.7. The van der Waals surface area contributed by atoms with Gasteiger partial charge in [-0.05, 0) is 35.7 Å². The maximum Gasteiger partial charge on any atom is 0.259 e. The number of anilines is 2. The maximum atomic E-state index is 12.9. The number of amides is 2. The number of benzene rings is 4. The van der Waals surface area contributed by atoms with Gasteiger partial charge in [-0.25, -0.2) is 0 Å². The summed E-state index contributed by atoms with van der Waals surface area (Å²) in [7, 11) is 0. The predicted molar refractivity (Wildman–Crippen MR) is 118 cm³/mol. The zero-order valence-electron chi connectivity index (χ0n) is 15.9. The number of carbonyl (C=O) groups is 2. The van der Waals surface area contributed by atoms with E-state index in [1.807, 2.05) is 78.9 Å². The molecule has 2 heterocycles. The Bertz CT molecular complexity index is 1490. The van der Waals surface area contributed by atoms with E-state index in [0.717, 1.165) is 32.8 Å². The molecule has 5 heteroatoms. The molecule has 144 valence electrons. The lowest BCUT2D eigenvalue weighted by molar-refractivity contribution is -0.114. The van der Waals surface area contributed by atoms with Gasteiger partial charge in [0.2, 0.25) is 5.91 Å². The highest BCUT2D eigenvalue weighted by molar-refractivity contribution is 6.26. The third-order valence-electron chi connectivity index (χ3n) is 5.61. The van der Waals surface area contributed by atoms with Gasteiger partial charge in [0.15, 0.2) is 0 Å². The fourth-order valence-corrected chi connectivity index (χ4v) is 4.28. The normalized spacial score (nSPS) is 12.9. The second-order valence-electron chi connectivity index (χ2n) is 7.43. The van der Waals surface area contributed by atoms with E-state index in [1.54, 1.807) is 0 Å². The zero-order valence-corrected chi connectivity index (χ0v) is 15.9. The van der Waals surface area contributed by atoms with Crippen molar-refractivity contribution in [3.63, 3.8) is 0 Å². The van der Waals surface area contributed by atoms with Gasteiger partial charge in [0, 0.05) is 33.5 Å². The Labute approximate surface area is 171 Å². The average molecular weight is 392 g/mol. The van der Waals surface area contributed by atoms with E-state index in [-0.39, 0.29) is 18.4 Å². The van der Waals surface area contributed by atoms with Crippen molar-refractivity contribution in [2.45, 2.75) is 0 Å². The number of nitrogens with zero attached hydrogens (tertiary/aromatic N) is 1. The van der Waals surface area contributed by atoms with Crippen LogP contribution in [0.4, 0.5) is 11.4 Å². The number of fused-ring (bicyclic) bond motifs is 3. The summed E-state index contributed by atoms with van der Waals surface area (Å²) in [5.74, 6) is -0.409. The van der Waals surface area contributed by atoms with Crippen LogP contribution in [0.25, 0.3) is 32.7 Å². The minimum atomic E-state index is -0.261. The van der Waals surface area contributed by atoms with Crippen molar-refractivity contribution in [1.82, 2.24) is 0 Å². The van der Waals surface area contributed by atoms with E-state index in [2.05, 4.69) is 5.32 Å². The lowest BCUT2D eigenvalue weighted by atomic mass is 10.1. The number of furan rings is 1. The molecular weight excluding hydrogens is 376 g/mol. The van der Waals surface area contributed by atoms with Crippen LogP contribution in [0, 0.1) is 0 Å². The summed E-state index contributed by atoms with van der Waals surface area (Å²) >= 11 is 0. The Balaban J connectivity index is 1.28. The van der Waals surface area contributed by atoms with Crippen LogP contribution in [0.2, 0.25) is 0 Å². The zero-order chi connectivity index (χ0) is 20.2. The van der Waals surface area contributed by atoms with Crippen molar-refractivity contribution in [2.24, 2.45) is 0 Å². The van der Waals surface area contributed by atoms with E-state index in [9.17, 15) is 9.59 Å². The van der Waals surface area contributed by atoms with Crippen LogP contribution < -0.4 is 10.2 Å². The van der Waals surface area contributed by atoms with Gasteiger partial charge in [-0.1, -0.05) is 42.5 Å². The first-order valence-electron chi connectivity index (χ1n) is 9.74. The molecule has 0 aliphatic carbocycles. The van der Waals surface area contributed by atoms with Crippen LogP contribution in [-0.4, -0.2) is 18.4 Å². The molecule has 1 N–H and O–H groups in total. The third kappa shape index (κ3) is 2.42. The molecule has 6 rings (SSSR count).